The van der Waals surface area contributed by atoms with Crippen LogP contribution in [0.2, 0.25) is 0 Å². The second-order valence-corrected chi connectivity index (χ2v) is 8.98. The fourth-order valence-electron chi connectivity index (χ4n) is 4.85. The molecule has 0 unspecified atom stereocenters. The average Bonchev–Trinajstić information content (AvgIpc) is 2.81. The first-order valence-corrected chi connectivity index (χ1v) is 11.2. The van der Waals surface area contributed by atoms with Crippen LogP contribution in [0.1, 0.15) is 0 Å². The van der Waals surface area contributed by atoms with Gasteiger partial charge in [-0.25, -0.2) is 4.98 Å². The van der Waals surface area contributed by atoms with Crippen LogP contribution in [0.3, 0.4) is 0 Å². The Morgan fingerprint density at radius 3 is 1.29 bits per heavy atom. The largest absolute Gasteiger partial charge is 0.246 e. The monoisotopic (exact) mass is 457 g/mol. The number of aromatic nitrogens is 1. The van der Waals surface area contributed by atoms with E-state index < -0.39 is 0 Å². The minimum atomic E-state index is 1.04. The number of nitrogens with zero attached hydrogens (tertiary/aromatic N) is 1. The molecule has 1 nitrogen and oxygen atoms in total. The van der Waals surface area contributed by atoms with E-state index in [-0.39, 0.29) is 0 Å². The third kappa shape index (κ3) is 2.46. The maximum absolute atomic E-state index is 5.28. The Morgan fingerprint density at radius 1 is 0.419 bits per heavy atom. The van der Waals surface area contributed by atoms with Gasteiger partial charge in [0.05, 0.1) is 11.0 Å². The van der Waals surface area contributed by atoms with Crippen LogP contribution in [0.5, 0.6) is 0 Å². The Hall–Kier alpha value is -3.49. The molecule has 6 aromatic carbocycles. The zero-order chi connectivity index (χ0) is 20.5. The second-order valence-electron chi connectivity index (χ2n) is 8.19. The summed E-state index contributed by atoms with van der Waals surface area (Å²) >= 11 is 3.91. The van der Waals surface area contributed by atoms with Crippen molar-refractivity contribution >= 4 is 80.8 Å². The van der Waals surface area contributed by atoms with Gasteiger partial charge in [0.25, 0.3) is 0 Å². The zero-order valence-electron chi connectivity index (χ0n) is 16.6. The molecule has 0 saturated heterocycles. The molecule has 0 atom stereocenters. The van der Waals surface area contributed by atoms with E-state index in [1.165, 1.54) is 43.1 Å². The highest BCUT2D eigenvalue weighted by atomic mass is 79.9. The highest BCUT2D eigenvalue weighted by molar-refractivity contribution is 9.10. The van der Waals surface area contributed by atoms with Gasteiger partial charge in [0.15, 0.2) is 0 Å². The lowest BCUT2D eigenvalue weighted by Gasteiger charge is -2.12. The van der Waals surface area contributed by atoms with Crippen molar-refractivity contribution in [3.63, 3.8) is 0 Å². The summed E-state index contributed by atoms with van der Waals surface area (Å²) < 4.78 is 1.11. The third-order valence-electron chi connectivity index (χ3n) is 6.41. The molecular weight excluding hydrogens is 442 g/mol. The topological polar surface area (TPSA) is 12.9 Å². The first-order chi connectivity index (χ1) is 15.3. The van der Waals surface area contributed by atoms with Crippen LogP contribution in [-0.4, -0.2) is 4.98 Å². The normalized spacial score (nSPS) is 12.0. The van der Waals surface area contributed by atoms with Crippen LogP contribution in [0.15, 0.2) is 102 Å². The van der Waals surface area contributed by atoms with E-state index in [4.69, 9.17) is 4.98 Å². The molecule has 7 aromatic rings. The van der Waals surface area contributed by atoms with E-state index in [9.17, 15) is 0 Å². The predicted molar refractivity (Wildman–Crippen MR) is 137 cm³/mol. The predicted octanol–water partition coefficient (Wildman–Crippen LogP) is 8.76. The second kappa shape index (κ2) is 6.26. The fourth-order valence-corrected chi connectivity index (χ4v) is 5.49. The van der Waals surface area contributed by atoms with Crippen molar-refractivity contribution in [1.82, 2.24) is 4.98 Å². The number of hydrogen-bond acceptors (Lipinski definition) is 1. The van der Waals surface area contributed by atoms with E-state index in [1.807, 2.05) is 0 Å². The van der Waals surface area contributed by atoms with Crippen molar-refractivity contribution in [1.29, 1.82) is 0 Å². The molecule has 2 heteroatoms. The van der Waals surface area contributed by atoms with E-state index in [1.54, 1.807) is 0 Å². The van der Waals surface area contributed by atoms with Gasteiger partial charge in [0, 0.05) is 26.0 Å². The Balaban J connectivity index is 1.69. The number of fused-ring (bicyclic) bond motifs is 8. The quantitative estimate of drug-likeness (QED) is 0.164. The van der Waals surface area contributed by atoms with Gasteiger partial charge in [-0.2, -0.15) is 0 Å². The van der Waals surface area contributed by atoms with E-state index >= 15 is 0 Å². The van der Waals surface area contributed by atoms with Crippen molar-refractivity contribution < 1.29 is 0 Å². The molecule has 1 aromatic heterocycles. The smallest absolute Gasteiger partial charge is 0.0799 e. The van der Waals surface area contributed by atoms with Gasteiger partial charge in [0.1, 0.15) is 0 Å². The van der Waals surface area contributed by atoms with Crippen molar-refractivity contribution in [2.75, 3.05) is 0 Å². The summed E-state index contributed by atoms with van der Waals surface area (Å²) in [5, 5.41) is 12.1. The van der Waals surface area contributed by atoms with Crippen LogP contribution in [0.25, 0.3) is 64.9 Å². The van der Waals surface area contributed by atoms with Crippen molar-refractivity contribution in [3.05, 3.63) is 102 Å². The minimum absolute atomic E-state index is 1.04. The lowest BCUT2D eigenvalue weighted by atomic mass is 9.98. The molecule has 0 saturated carbocycles. The summed E-state index contributed by atoms with van der Waals surface area (Å²) in [6.45, 7) is 0. The zero-order valence-corrected chi connectivity index (χ0v) is 18.1. The van der Waals surface area contributed by atoms with E-state index in [0.717, 1.165) is 26.3 Å². The molecule has 0 N–H and O–H groups in total. The van der Waals surface area contributed by atoms with Gasteiger partial charge < -0.3 is 0 Å². The first kappa shape index (κ1) is 17.2. The van der Waals surface area contributed by atoms with Crippen LogP contribution in [0, 0.1) is 0 Å². The number of benzene rings is 6. The molecule has 0 aliphatic rings. The van der Waals surface area contributed by atoms with Crippen molar-refractivity contribution in [3.8, 4) is 0 Å². The number of hydrogen-bond donors (Lipinski definition) is 0. The summed E-state index contributed by atoms with van der Waals surface area (Å²) in [6, 6.07) is 34.9. The van der Waals surface area contributed by atoms with E-state index in [0.29, 0.717) is 0 Å². The molecule has 0 aliphatic carbocycles. The summed E-state index contributed by atoms with van der Waals surface area (Å²) in [4.78, 5) is 5.28. The Labute approximate surface area is 187 Å². The van der Waals surface area contributed by atoms with Gasteiger partial charge in [-0.05, 0) is 72.5 Å². The highest BCUT2D eigenvalue weighted by Crippen LogP contribution is 2.38. The lowest BCUT2D eigenvalue weighted by Crippen LogP contribution is -1.89. The maximum atomic E-state index is 5.28. The molecule has 31 heavy (non-hydrogen) atoms. The highest BCUT2D eigenvalue weighted by Gasteiger charge is 2.13. The number of rotatable bonds is 0. The van der Waals surface area contributed by atoms with Crippen LogP contribution < -0.4 is 0 Å². The van der Waals surface area contributed by atoms with Gasteiger partial charge in [-0.3, -0.25) is 0 Å². The summed E-state index contributed by atoms with van der Waals surface area (Å²) in [5.74, 6) is 0. The first-order valence-electron chi connectivity index (χ1n) is 10.4. The van der Waals surface area contributed by atoms with E-state index in [2.05, 4.69) is 113 Å². The summed E-state index contributed by atoms with van der Waals surface area (Å²) in [6.07, 6.45) is 0. The number of pyridine rings is 1. The molecular formula is C29H16BrN. The maximum Gasteiger partial charge on any atom is 0.0799 e. The van der Waals surface area contributed by atoms with Gasteiger partial charge in [0.2, 0.25) is 0 Å². The average molecular weight is 458 g/mol. The van der Waals surface area contributed by atoms with Crippen LogP contribution in [-0.2, 0) is 0 Å². The standard InChI is InChI=1S/C29H16BrN/c30-27-23-11-9-21-13-17-5-1-3-7-19(17)15-25(21)28(23)31-29-24(27)12-10-22-14-18-6-2-4-8-20(18)16-26(22)29/h1-16H. The third-order valence-corrected chi connectivity index (χ3v) is 7.27. The Morgan fingerprint density at radius 2 is 0.839 bits per heavy atom. The molecule has 144 valence electrons. The molecule has 0 fully saturated rings. The Bertz CT molecular complexity index is 1720. The van der Waals surface area contributed by atoms with Gasteiger partial charge in [-0.15, -0.1) is 0 Å². The van der Waals surface area contributed by atoms with Crippen molar-refractivity contribution in [2.45, 2.75) is 0 Å². The minimum Gasteiger partial charge on any atom is -0.246 e. The van der Waals surface area contributed by atoms with Crippen molar-refractivity contribution in [2.24, 2.45) is 0 Å². The molecule has 1 heterocycles. The Kier molecular flexibility index (Phi) is 3.47. The fraction of sp³-hybridized carbons (Fsp3) is 0. The SMILES string of the molecule is Brc1c2ccc3cc4ccccc4cc3c2nc2c1ccc1cc3ccccc3cc12. The molecule has 0 amide bonds. The summed E-state index contributed by atoms with van der Waals surface area (Å²) in [5.41, 5.74) is 2.09. The lowest BCUT2D eigenvalue weighted by molar-refractivity contribution is 1.53. The molecule has 0 spiro atoms. The van der Waals surface area contributed by atoms with Crippen LogP contribution >= 0.6 is 15.9 Å². The van der Waals surface area contributed by atoms with Crippen LogP contribution in [0.4, 0.5) is 0 Å². The number of halogens is 1. The molecule has 7 rings (SSSR count). The van der Waals surface area contributed by atoms with Gasteiger partial charge in [-0.1, -0.05) is 72.8 Å². The van der Waals surface area contributed by atoms with Gasteiger partial charge >= 0.3 is 0 Å². The summed E-state index contributed by atoms with van der Waals surface area (Å²) in [7, 11) is 0. The molecule has 0 bridgehead atoms. The molecule has 0 radical (unpaired) electrons. The molecule has 0 aliphatic heterocycles.